The number of anilines is 2. The van der Waals surface area contributed by atoms with Gasteiger partial charge in [0.25, 0.3) is 0 Å². The lowest BCUT2D eigenvalue weighted by molar-refractivity contribution is 0.379. The highest BCUT2D eigenvalue weighted by Gasteiger charge is 2.00. The second-order valence-electron chi connectivity index (χ2n) is 2.95. The predicted molar refractivity (Wildman–Crippen MR) is 56.3 cm³/mol. The third kappa shape index (κ3) is 2.64. The minimum absolute atomic E-state index is 0.503. The number of hydrogen-bond donors (Lipinski definition) is 3. The molecule has 16 heavy (non-hydrogen) atoms. The van der Waals surface area contributed by atoms with Gasteiger partial charge in [0.15, 0.2) is 12.1 Å². The molecule has 0 atom stereocenters. The van der Waals surface area contributed by atoms with Gasteiger partial charge in [-0.2, -0.15) is 4.98 Å². The molecule has 0 unspecified atom stereocenters. The molecule has 2 rings (SSSR count). The van der Waals surface area contributed by atoms with Gasteiger partial charge in [-0.3, -0.25) is 4.98 Å². The Morgan fingerprint density at radius 1 is 1.31 bits per heavy atom. The number of nitrogens with two attached hydrogens (primary N) is 1. The maximum Gasteiger partial charge on any atom is 0.228 e. The summed E-state index contributed by atoms with van der Waals surface area (Å²) in [6.07, 6.45) is 5.13. The van der Waals surface area contributed by atoms with Crippen molar-refractivity contribution in [3.63, 3.8) is 0 Å². The zero-order valence-electron chi connectivity index (χ0n) is 8.42. The Kier molecular flexibility index (Phi) is 3.24. The highest BCUT2D eigenvalue weighted by atomic mass is 16.5. The lowest BCUT2D eigenvalue weighted by Crippen LogP contribution is -2.11. The molecule has 0 saturated heterocycles. The Morgan fingerprint density at radius 3 is 2.94 bits per heavy atom. The van der Waals surface area contributed by atoms with E-state index in [1.165, 1.54) is 12.5 Å². The van der Waals surface area contributed by atoms with Crippen LogP contribution in [0.5, 0.6) is 0 Å². The first-order chi connectivity index (χ1) is 7.88. The monoisotopic (exact) mass is 221 g/mol. The standard InChI is InChI=1S/C8H11N7O/c9-15-7-4-10-3-6(14-7)11-2-1-8-12-5-13-16-8/h3-5H,1-2,9H2,(H2,11,14,15). The van der Waals surface area contributed by atoms with Gasteiger partial charge < -0.3 is 15.3 Å². The van der Waals surface area contributed by atoms with Crippen LogP contribution >= 0.6 is 0 Å². The minimum Gasteiger partial charge on any atom is -0.368 e. The maximum absolute atomic E-state index is 5.21. The van der Waals surface area contributed by atoms with Crippen molar-refractivity contribution in [2.75, 3.05) is 17.3 Å². The maximum atomic E-state index is 5.21. The van der Waals surface area contributed by atoms with Crippen LogP contribution < -0.4 is 16.6 Å². The SMILES string of the molecule is NNc1cncc(NCCc2ncno2)n1. The van der Waals surface area contributed by atoms with Crippen LogP contribution in [0, 0.1) is 0 Å². The van der Waals surface area contributed by atoms with E-state index in [2.05, 4.69) is 30.9 Å². The van der Waals surface area contributed by atoms with Crippen LogP contribution in [-0.2, 0) is 6.42 Å². The lowest BCUT2D eigenvalue weighted by atomic mass is 10.4. The first kappa shape index (κ1) is 10.3. The summed E-state index contributed by atoms with van der Waals surface area (Å²) < 4.78 is 4.85. The van der Waals surface area contributed by atoms with Crippen LogP contribution in [0.15, 0.2) is 23.2 Å². The third-order valence-electron chi connectivity index (χ3n) is 1.83. The molecule has 2 heterocycles. The van der Waals surface area contributed by atoms with Crippen molar-refractivity contribution in [3.05, 3.63) is 24.6 Å². The molecule has 8 nitrogen and oxygen atoms in total. The molecule has 0 aliphatic rings. The summed E-state index contributed by atoms with van der Waals surface area (Å²) >= 11 is 0. The molecule has 0 saturated carbocycles. The van der Waals surface area contributed by atoms with E-state index in [1.54, 1.807) is 6.20 Å². The fraction of sp³-hybridized carbons (Fsp3) is 0.250. The van der Waals surface area contributed by atoms with Gasteiger partial charge >= 0.3 is 0 Å². The Morgan fingerprint density at radius 2 is 2.19 bits per heavy atom. The molecule has 0 bridgehead atoms. The quantitative estimate of drug-likeness (QED) is 0.469. The van der Waals surface area contributed by atoms with E-state index in [-0.39, 0.29) is 0 Å². The highest BCUT2D eigenvalue weighted by molar-refractivity contribution is 5.40. The Balaban J connectivity index is 1.85. The van der Waals surface area contributed by atoms with E-state index in [0.717, 1.165) is 0 Å². The third-order valence-corrected chi connectivity index (χ3v) is 1.83. The molecular weight excluding hydrogens is 210 g/mol. The van der Waals surface area contributed by atoms with Crippen molar-refractivity contribution >= 4 is 11.6 Å². The van der Waals surface area contributed by atoms with Crippen molar-refractivity contribution in [1.82, 2.24) is 20.1 Å². The molecule has 4 N–H and O–H groups in total. The van der Waals surface area contributed by atoms with E-state index in [4.69, 9.17) is 10.4 Å². The van der Waals surface area contributed by atoms with E-state index in [9.17, 15) is 0 Å². The average Bonchev–Trinajstić information content (AvgIpc) is 2.82. The molecule has 2 aromatic rings. The molecule has 0 aliphatic carbocycles. The first-order valence-corrected chi connectivity index (χ1v) is 4.66. The lowest BCUT2D eigenvalue weighted by Gasteiger charge is -2.04. The van der Waals surface area contributed by atoms with Crippen LogP contribution in [0.25, 0.3) is 0 Å². The van der Waals surface area contributed by atoms with Gasteiger partial charge in [-0.15, -0.1) is 0 Å². The molecule has 2 aromatic heterocycles. The summed E-state index contributed by atoms with van der Waals surface area (Å²) in [5.41, 5.74) is 2.42. The molecule has 8 heteroatoms. The van der Waals surface area contributed by atoms with Crippen molar-refractivity contribution in [2.45, 2.75) is 6.42 Å². The molecule has 0 aromatic carbocycles. The van der Waals surface area contributed by atoms with Crippen LogP contribution in [0.3, 0.4) is 0 Å². The van der Waals surface area contributed by atoms with Gasteiger partial charge in [0, 0.05) is 13.0 Å². The molecule has 0 fully saturated rings. The normalized spacial score (nSPS) is 10.1. The van der Waals surface area contributed by atoms with Crippen molar-refractivity contribution in [1.29, 1.82) is 0 Å². The topological polar surface area (TPSA) is 115 Å². The minimum atomic E-state index is 0.503. The second kappa shape index (κ2) is 5.03. The summed E-state index contributed by atoms with van der Waals surface area (Å²) in [4.78, 5) is 12.0. The van der Waals surface area contributed by atoms with Gasteiger partial charge in [0.05, 0.1) is 12.4 Å². The smallest absolute Gasteiger partial charge is 0.228 e. The molecule has 84 valence electrons. The number of hydrogen-bond acceptors (Lipinski definition) is 8. The number of aromatic nitrogens is 4. The largest absolute Gasteiger partial charge is 0.368 e. The number of hydrazine groups is 1. The summed E-state index contributed by atoms with van der Waals surface area (Å²) in [5, 5.41) is 6.57. The fourth-order valence-electron chi connectivity index (χ4n) is 1.12. The van der Waals surface area contributed by atoms with Crippen LogP contribution in [-0.4, -0.2) is 26.7 Å². The summed E-state index contributed by atoms with van der Waals surface area (Å²) in [5.74, 6) is 6.93. The molecular formula is C8H11N7O. The second-order valence-corrected chi connectivity index (χ2v) is 2.95. The first-order valence-electron chi connectivity index (χ1n) is 4.66. The van der Waals surface area contributed by atoms with Gasteiger partial charge in [-0.05, 0) is 0 Å². The molecule has 0 aliphatic heterocycles. The van der Waals surface area contributed by atoms with Crippen molar-refractivity contribution in [2.24, 2.45) is 5.84 Å². The van der Waals surface area contributed by atoms with Crippen LogP contribution in [0.4, 0.5) is 11.6 Å². The average molecular weight is 221 g/mol. The van der Waals surface area contributed by atoms with E-state index in [0.29, 0.717) is 30.5 Å². The summed E-state index contributed by atoms with van der Waals surface area (Å²) in [7, 11) is 0. The van der Waals surface area contributed by atoms with Gasteiger partial charge in [-0.1, -0.05) is 5.16 Å². The van der Waals surface area contributed by atoms with Crippen molar-refractivity contribution < 1.29 is 4.52 Å². The van der Waals surface area contributed by atoms with Crippen LogP contribution in [0.2, 0.25) is 0 Å². The Hall–Kier alpha value is -2.22. The zero-order valence-corrected chi connectivity index (χ0v) is 8.42. The van der Waals surface area contributed by atoms with Gasteiger partial charge in [0.1, 0.15) is 5.82 Å². The van der Waals surface area contributed by atoms with Gasteiger partial charge in [0.2, 0.25) is 5.89 Å². The fourth-order valence-corrected chi connectivity index (χ4v) is 1.12. The van der Waals surface area contributed by atoms with E-state index >= 15 is 0 Å². The molecule has 0 radical (unpaired) electrons. The van der Waals surface area contributed by atoms with E-state index < -0.39 is 0 Å². The van der Waals surface area contributed by atoms with Crippen LogP contribution in [0.1, 0.15) is 5.89 Å². The molecule has 0 spiro atoms. The summed E-state index contributed by atoms with van der Waals surface area (Å²) in [6, 6.07) is 0. The summed E-state index contributed by atoms with van der Waals surface area (Å²) in [6.45, 7) is 0.630. The Labute approximate surface area is 91.3 Å². The number of rotatable bonds is 5. The van der Waals surface area contributed by atoms with E-state index in [1.807, 2.05) is 0 Å². The van der Waals surface area contributed by atoms with Gasteiger partial charge in [-0.25, -0.2) is 10.8 Å². The molecule has 0 amide bonds. The number of nitrogen functional groups attached to an aromatic ring is 1. The number of nitrogens with one attached hydrogen (secondary N) is 2. The predicted octanol–water partition coefficient (Wildman–Crippen LogP) is -0.200. The van der Waals surface area contributed by atoms with Crippen molar-refractivity contribution in [3.8, 4) is 0 Å². The zero-order chi connectivity index (χ0) is 11.2. The number of nitrogens with zero attached hydrogens (tertiary/aromatic N) is 4. The highest BCUT2D eigenvalue weighted by Crippen LogP contribution is 2.05. The Bertz CT molecular complexity index is 430.